The fourth-order valence-electron chi connectivity index (χ4n) is 2.32. The molecule has 0 aliphatic rings. The third-order valence-corrected chi connectivity index (χ3v) is 3.69. The van der Waals surface area contributed by atoms with Gasteiger partial charge in [0.15, 0.2) is 0 Å². The summed E-state index contributed by atoms with van der Waals surface area (Å²) >= 11 is 0. The third kappa shape index (κ3) is 8.67. The zero-order chi connectivity index (χ0) is 16.5. The lowest BCUT2D eigenvalue weighted by Gasteiger charge is -2.31. The van der Waals surface area contributed by atoms with Gasteiger partial charge in [-0.1, -0.05) is 20.8 Å². The van der Waals surface area contributed by atoms with Crippen LogP contribution in [0.3, 0.4) is 0 Å². The highest BCUT2D eigenvalue weighted by Crippen LogP contribution is 2.32. The van der Waals surface area contributed by atoms with Gasteiger partial charge in [-0.2, -0.15) is 0 Å². The second-order valence-electron chi connectivity index (χ2n) is 6.38. The zero-order valence-electron chi connectivity index (χ0n) is 13.7. The number of ether oxygens (including phenoxy) is 1. The summed E-state index contributed by atoms with van der Waals surface area (Å²) in [6.45, 7) is 7.37. The van der Waals surface area contributed by atoms with Crippen molar-refractivity contribution in [3.8, 4) is 0 Å². The minimum Gasteiger partial charge on any atom is -0.480 e. The summed E-state index contributed by atoms with van der Waals surface area (Å²) in [7, 11) is 1.53. The molecule has 0 heterocycles. The van der Waals surface area contributed by atoms with Crippen LogP contribution in [0.4, 0.5) is 0 Å². The number of methoxy groups -OCH3 is 1. The Morgan fingerprint density at radius 2 is 1.90 bits per heavy atom. The highest BCUT2D eigenvalue weighted by Gasteiger charge is 2.25. The molecule has 0 fully saturated rings. The molecule has 0 saturated heterocycles. The Morgan fingerprint density at radius 3 is 2.33 bits per heavy atom. The van der Waals surface area contributed by atoms with E-state index < -0.39 is 5.97 Å². The molecule has 124 valence electrons. The largest absolute Gasteiger partial charge is 0.480 e. The first-order valence-electron chi connectivity index (χ1n) is 7.41. The van der Waals surface area contributed by atoms with Crippen molar-refractivity contribution in [3.63, 3.8) is 0 Å². The molecule has 0 spiro atoms. The Bertz CT molecular complexity index is 326. The van der Waals surface area contributed by atoms with Crippen LogP contribution in [0.15, 0.2) is 0 Å². The molecule has 0 aromatic heterocycles. The predicted octanol–water partition coefficient (Wildman–Crippen LogP) is 1.34. The molecule has 0 aliphatic carbocycles. The maximum Gasteiger partial charge on any atom is 0.323 e. The summed E-state index contributed by atoms with van der Waals surface area (Å²) in [4.78, 5) is 24.4. The van der Waals surface area contributed by atoms with Gasteiger partial charge in [-0.3, -0.25) is 9.59 Å². The number of hydrogen-bond donors (Lipinski definition) is 2. The molecule has 6 nitrogen and oxygen atoms in total. The van der Waals surface area contributed by atoms with Crippen molar-refractivity contribution in [3.05, 3.63) is 0 Å². The molecule has 0 aliphatic heterocycles. The lowest BCUT2D eigenvalue weighted by Crippen LogP contribution is -2.38. The fraction of sp³-hybridized carbons (Fsp3) is 0.867. The van der Waals surface area contributed by atoms with E-state index in [4.69, 9.17) is 15.6 Å². The third-order valence-electron chi connectivity index (χ3n) is 3.69. The summed E-state index contributed by atoms with van der Waals surface area (Å²) in [5, 5.41) is 8.87. The average molecular weight is 302 g/mol. The van der Waals surface area contributed by atoms with Gasteiger partial charge in [0.1, 0.15) is 6.54 Å². The van der Waals surface area contributed by atoms with Gasteiger partial charge in [0.05, 0.1) is 6.61 Å². The Labute approximate surface area is 127 Å². The van der Waals surface area contributed by atoms with Crippen LogP contribution >= 0.6 is 0 Å². The lowest BCUT2D eigenvalue weighted by atomic mass is 9.76. The first-order valence-corrected chi connectivity index (χ1v) is 7.41. The maximum atomic E-state index is 12.2. The highest BCUT2D eigenvalue weighted by atomic mass is 16.5. The van der Waals surface area contributed by atoms with E-state index in [9.17, 15) is 9.59 Å². The normalized spacial score (nSPS) is 13.0. The van der Waals surface area contributed by atoms with Crippen molar-refractivity contribution < 1.29 is 19.4 Å². The second kappa shape index (κ2) is 9.73. The van der Waals surface area contributed by atoms with Crippen molar-refractivity contribution in [2.75, 3.05) is 33.4 Å². The van der Waals surface area contributed by atoms with Gasteiger partial charge in [0, 0.05) is 20.1 Å². The molecule has 0 aromatic carbocycles. The summed E-state index contributed by atoms with van der Waals surface area (Å²) in [5.41, 5.74) is 5.72. The van der Waals surface area contributed by atoms with Crippen LogP contribution in [-0.2, 0) is 14.3 Å². The van der Waals surface area contributed by atoms with Crippen LogP contribution in [0, 0.1) is 11.3 Å². The topological polar surface area (TPSA) is 92.9 Å². The molecule has 0 aromatic rings. The van der Waals surface area contributed by atoms with Gasteiger partial charge in [-0.05, 0) is 30.7 Å². The molecule has 0 rings (SSSR count). The van der Waals surface area contributed by atoms with Crippen LogP contribution in [-0.4, -0.2) is 55.2 Å². The summed E-state index contributed by atoms with van der Waals surface area (Å²) < 4.78 is 4.92. The SMILES string of the molecule is COCCN(CC(=O)O)C(=O)CCC(CCN)C(C)(C)C. The smallest absolute Gasteiger partial charge is 0.323 e. The van der Waals surface area contributed by atoms with E-state index in [2.05, 4.69) is 20.8 Å². The maximum absolute atomic E-state index is 12.2. The number of rotatable bonds is 10. The van der Waals surface area contributed by atoms with Crippen molar-refractivity contribution in [1.29, 1.82) is 0 Å². The fourth-order valence-corrected chi connectivity index (χ4v) is 2.32. The van der Waals surface area contributed by atoms with Gasteiger partial charge in [-0.25, -0.2) is 0 Å². The minimum absolute atomic E-state index is 0.0871. The van der Waals surface area contributed by atoms with Crippen molar-refractivity contribution in [2.24, 2.45) is 17.1 Å². The number of carbonyl (C=O) groups is 2. The number of carboxylic acids is 1. The Balaban J connectivity index is 4.54. The molecular formula is C15H30N2O4. The second-order valence-corrected chi connectivity index (χ2v) is 6.38. The number of carbonyl (C=O) groups excluding carboxylic acids is 1. The predicted molar refractivity (Wildman–Crippen MR) is 81.9 cm³/mol. The monoisotopic (exact) mass is 302 g/mol. The number of nitrogens with two attached hydrogens (primary N) is 1. The van der Waals surface area contributed by atoms with Crippen LogP contribution < -0.4 is 5.73 Å². The number of nitrogens with zero attached hydrogens (tertiary/aromatic N) is 1. The van der Waals surface area contributed by atoms with E-state index >= 15 is 0 Å². The van der Waals surface area contributed by atoms with Crippen LogP contribution in [0.5, 0.6) is 0 Å². The van der Waals surface area contributed by atoms with Crippen molar-refractivity contribution >= 4 is 11.9 Å². The van der Waals surface area contributed by atoms with Crippen LogP contribution in [0.2, 0.25) is 0 Å². The van der Waals surface area contributed by atoms with E-state index in [-0.39, 0.29) is 17.9 Å². The van der Waals surface area contributed by atoms with E-state index in [1.165, 1.54) is 12.0 Å². The molecule has 3 N–H and O–H groups in total. The highest BCUT2D eigenvalue weighted by molar-refractivity contribution is 5.81. The van der Waals surface area contributed by atoms with E-state index in [1.54, 1.807) is 0 Å². The van der Waals surface area contributed by atoms with Gasteiger partial charge in [0.25, 0.3) is 0 Å². The zero-order valence-corrected chi connectivity index (χ0v) is 13.7. The first-order chi connectivity index (χ1) is 9.72. The van der Waals surface area contributed by atoms with Gasteiger partial charge >= 0.3 is 5.97 Å². The van der Waals surface area contributed by atoms with E-state index in [1.807, 2.05) is 0 Å². The number of carboxylic acid groups (broad SMARTS) is 1. The Morgan fingerprint density at radius 1 is 1.29 bits per heavy atom. The quantitative estimate of drug-likeness (QED) is 0.635. The van der Waals surface area contributed by atoms with Crippen LogP contribution in [0.1, 0.15) is 40.0 Å². The number of aliphatic carboxylic acids is 1. The average Bonchev–Trinajstić information content (AvgIpc) is 2.37. The Kier molecular flexibility index (Phi) is 9.21. The molecule has 21 heavy (non-hydrogen) atoms. The summed E-state index contributed by atoms with van der Waals surface area (Å²) in [6.07, 6.45) is 1.94. The molecule has 1 unspecified atom stereocenters. The molecule has 6 heteroatoms. The molecule has 1 amide bonds. The lowest BCUT2D eigenvalue weighted by molar-refractivity contribution is -0.145. The molecular weight excluding hydrogens is 272 g/mol. The van der Waals surface area contributed by atoms with Crippen molar-refractivity contribution in [1.82, 2.24) is 4.90 Å². The van der Waals surface area contributed by atoms with Gasteiger partial charge in [-0.15, -0.1) is 0 Å². The minimum atomic E-state index is -1.01. The molecule has 0 saturated carbocycles. The van der Waals surface area contributed by atoms with E-state index in [0.717, 1.165) is 12.8 Å². The first kappa shape index (κ1) is 19.9. The van der Waals surface area contributed by atoms with Gasteiger partial charge in [0.2, 0.25) is 5.91 Å². The van der Waals surface area contributed by atoms with Gasteiger partial charge < -0.3 is 20.5 Å². The number of amides is 1. The standard InChI is InChI=1S/C15H30N2O4/c1-15(2,3)12(7-8-16)5-6-13(18)17(9-10-21-4)11-14(19)20/h12H,5-11,16H2,1-4H3,(H,19,20). The summed E-state index contributed by atoms with van der Waals surface area (Å²) in [6, 6.07) is 0. The van der Waals surface area contributed by atoms with Crippen molar-refractivity contribution in [2.45, 2.75) is 40.0 Å². The molecule has 0 radical (unpaired) electrons. The number of hydrogen-bond acceptors (Lipinski definition) is 4. The van der Waals surface area contributed by atoms with Crippen LogP contribution in [0.25, 0.3) is 0 Å². The van der Waals surface area contributed by atoms with E-state index in [0.29, 0.717) is 32.0 Å². The summed E-state index contributed by atoms with van der Waals surface area (Å²) in [5.74, 6) is -0.796. The molecule has 1 atom stereocenters. The Hall–Kier alpha value is -1.14. The molecule has 0 bridgehead atoms.